The number of fused-ring (bicyclic) bond motifs is 6. The average Bonchev–Trinajstić information content (AvgIpc) is 3.59. The number of H-pyrrole nitrogens is 1. The average molecular weight is 591 g/mol. The molecule has 230 valence electrons. The summed E-state index contributed by atoms with van der Waals surface area (Å²) >= 11 is 0. The third kappa shape index (κ3) is 5.49. The van der Waals surface area contributed by atoms with Gasteiger partial charge in [-0.2, -0.15) is 0 Å². The molecule has 44 heavy (non-hydrogen) atoms. The highest BCUT2D eigenvalue weighted by Gasteiger charge is 2.41. The van der Waals surface area contributed by atoms with E-state index in [1.165, 1.54) is 52.9 Å². The molecule has 4 aromatic rings. The van der Waals surface area contributed by atoms with Crippen LogP contribution in [-0.2, 0) is 17.8 Å². The van der Waals surface area contributed by atoms with Crippen LogP contribution < -0.4 is 4.90 Å². The number of benzene rings is 3. The predicted molar refractivity (Wildman–Crippen MR) is 179 cm³/mol. The van der Waals surface area contributed by atoms with Gasteiger partial charge in [-0.1, -0.05) is 74.0 Å². The molecule has 1 amide bonds. The number of piperidine rings is 1. The Kier molecular flexibility index (Phi) is 8.35. The van der Waals surface area contributed by atoms with Crippen molar-refractivity contribution in [1.29, 1.82) is 0 Å². The molecule has 0 saturated carbocycles. The third-order valence-corrected chi connectivity index (χ3v) is 10.5. The molecule has 3 unspecified atom stereocenters. The van der Waals surface area contributed by atoms with Crippen LogP contribution in [0.15, 0.2) is 72.8 Å². The van der Waals surface area contributed by atoms with Crippen LogP contribution in [0.2, 0.25) is 0 Å². The van der Waals surface area contributed by atoms with Gasteiger partial charge in [-0.3, -0.25) is 0 Å². The molecule has 1 aromatic heterocycles. The zero-order chi connectivity index (χ0) is 30.0. The van der Waals surface area contributed by atoms with Crippen molar-refractivity contribution < 1.29 is 9.53 Å². The number of nitrogens with zero attached hydrogens (tertiary/aromatic N) is 3. The van der Waals surface area contributed by atoms with Gasteiger partial charge in [-0.25, -0.2) is 4.79 Å². The molecule has 0 radical (unpaired) electrons. The van der Waals surface area contributed by atoms with Crippen molar-refractivity contribution in [3.63, 3.8) is 0 Å². The number of likely N-dealkylation sites (N-methyl/N-ethyl adjacent to an activating group) is 2. The first-order valence-electron chi connectivity index (χ1n) is 16.8. The fourth-order valence-corrected chi connectivity index (χ4v) is 8.16. The largest absolute Gasteiger partial charge is 0.445 e. The zero-order valence-electron chi connectivity index (χ0n) is 26.3. The number of aromatic nitrogens is 1. The quantitative estimate of drug-likeness (QED) is 0.259. The Balaban J connectivity index is 1.18. The second-order valence-corrected chi connectivity index (χ2v) is 12.8. The van der Waals surface area contributed by atoms with Crippen LogP contribution in [0.4, 0.5) is 10.5 Å². The number of ether oxygens (including phenoxy) is 1. The Morgan fingerprint density at radius 3 is 2.59 bits per heavy atom. The van der Waals surface area contributed by atoms with Crippen molar-refractivity contribution in [2.75, 3.05) is 44.2 Å². The highest BCUT2D eigenvalue weighted by Crippen LogP contribution is 2.47. The number of hydrogen-bond acceptors (Lipinski definition) is 4. The van der Waals surface area contributed by atoms with Gasteiger partial charge in [-0.05, 0) is 80.1 Å². The normalized spacial score (nSPS) is 22.4. The summed E-state index contributed by atoms with van der Waals surface area (Å²) in [5, 5.41) is 1.27. The van der Waals surface area contributed by atoms with Crippen molar-refractivity contribution in [1.82, 2.24) is 14.8 Å². The van der Waals surface area contributed by atoms with Gasteiger partial charge in [-0.15, -0.1) is 0 Å². The molecule has 1 fully saturated rings. The number of carbonyl (C=O) groups excluding carboxylic acids is 1. The summed E-state index contributed by atoms with van der Waals surface area (Å²) < 4.78 is 5.77. The Hall–Kier alpha value is -3.77. The molecule has 7 rings (SSSR count). The molecule has 1 N–H and O–H groups in total. The number of nitrogens with one attached hydrogen (secondary N) is 1. The molecular formula is C38H46N4O2. The summed E-state index contributed by atoms with van der Waals surface area (Å²) in [5.41, 5.74) is 9.32. The van der Waals surface area contributed by atoms with Crippen molar-refractivity contribution in [3.8, 4) is 0 Å². The zero-order valence-corrected chi connectivity index (χ0v) is 26.3. The van der Waals surface area contributed by atoms with Gasteiger partial charge in [0.05, 0.1) is 0 Å². The lowest BCUT2D eigenvalue weighted by Crippen LogP contribution is -2.48. The van der Waals surface area contributed by atoms with E-state index in [0.29, 0.717) is 31.0 Å². The van der Waals surface area contributed by atoms with E-state index in [-0.39, 0.29) is 6.09 Å². The van der Waals surface area contributed by atoms with Gasteiger partial charge in [0.2, 0.25) is 0 Å². The Morgan fingerprint density at radius 2 is 1.75 bits per heavy atom. The van der Waals surface area contributed by atoms with Crippen LogP contribution >= 0.6 is 0 Å². The fraction of sp³-hybridized carbons (Fsp3) is 0.447. The highest BCUT2D eigenvalue weighted by atomic mass is 16.6. The SMILES string of the molecule is CCN1CCC2c3cc(C4CCCCN(C(=O)OCc5ccccc5)CCc5c4[nH]c4ccccc54)ccc3N(CC)C2C1. The lowest BCUT2D eigenvalue weighted by molar-refractivity contribution is 0.0956. The second kappa shape index (κ2) is 12.7. The van der Waals surface area contributed by atoms with E-state index in [2.05, 4.69) is 71.1 Å². The second-order valence-electron chi connectivity index (χ2n) is 12.8. The van der Waals surface area contributed by atoms with E-state index < -0.39 is 0 Å². The number of para-hydroxylation sites is 1. The van der Waals surface area contributed by atoms with Crippen molar-refractivity contribution >= 4 is 22.7 Å². The van der Waals surface area contributed by atoms with Crippen LogP contribution in [0, 0.1) is 0 Å². The lowest BCUT2D eigenvalue weighted by atomic mass is 9.83. The van der Waals surface area contributed by atoms with E-state index in [0.717, 1.165) is 50.9 Å². The number of rotatable bonds is 5. The van der Waals surface area contributed by atoms with Gasteiger partial charge >= 0.3 is 6.09 Å². The summed E-state index contributed by atoms with van der Waals surface area (Å²) in [6, 6.07) is 26.6. The minimum atomic E-state index is -0.213. The predicted octanol–water partition coefficient (Wildman–Crippen LogP) is 7.68. The molecule has 6 nitrogen and oxygen atoms in total. The van der Waals surface area contributed by atoms with E-state index in [1.807, 2.05) is 35.2 Å². The summed E-state index contributed by atoms with van der Waals surface area (Å²) in [4.78, 5) is 24.3. The highest BCUT2D eigenvalue weighted by molar-refractivity contribution is 5.85. The molecule has 3 aliphatic rings. The van der Waals surface area contributed by atoms with E-state index in [1.54, 1.807) is 5.56 Å². The third-order valence-electron chi connectivity index (χ3n) is 10.5. The van der Waals surface area contributed by atoms with Gasteiger partial charge < -0.3 is 24.4 Å². The summed E-state index contributed by atoms with van der Waals surface area (Å²) in [5.74, 6) is 0.925. The minimum Gasteiger partial charge on any atom is -0.445 e. The fourth-order valence-electron chi connectivity index (χ4n) is 8.16. The number of likely N-dealkylation sites (tertiary alicyclic amines) is 1. The lowest BCUT2D eigenvalue weighted by Gasteiger charge is -2.38. The first-order chi connectivity index (χ1) is 21.6. The summed E-state index contributed by atoms with van der Waals surface area (Å²) in [6.45, 7) is 10.8. The standard InChI is InChI=1S/C38H46N4O2/c1-3-40-22-19-31-33-24-28(17-18-35(33)42(4-2)36(31)25-40)29-14-10-11-21-41(38(43)44-26-27-12-6-5-7-13-27)23-20-32-30-15-8-9-16-34(30)39-37(29)32/h5-9,12-13,15-18,24,29,31,36,39H,3-4,10-11,14,19-23,25-26H2,1-2H3. The Bertz CT molecular complexity index is 1600. The van der Waals surface area contributed by atoms with Crippen molar-refractivity contribution in [2.24, 2.45) is 0 Å². The number of carbonyl (C=O) groups is 1. The topological polar surface area (TPSA) is 51.8 Å². The molecule has 1 saturated heterocycles. The maximum Gasteiger partial charge on any atom is 0.410 e. The number of aromatic amines is 1. The van der Waals surface area contributed by atoms with Crippen LogP contribution in [0.5, 0.6) is 0 Å². The van der Waals surface area contributed by atoms with Gasteiger partial charge in [0.25, 0.3) is 0 Å². The van der Waals surface area contributed by atoms with Gasteiger partial charge in [0.15, 0.2) is 0 Å². The molecule has 3 aromatic carbocycles. The van der Waals surface area contributed by atoms with Crippen molar-refractivity contribution in [2.45, 2.75) is 70.4 Å². The van der Waals surface area contributed by atoms with E-state index in [9.17, 15) is 4.79 Å². The number of amides is 1. The summed E-state index contributed by atoms with van der Waals surface area (Å²) in [7, 11) is 0. The Morgan fingerprint density at radius 1 is 0.909 bits per heavy atom. The van der Waals surface area contributed by atoms with Crippen LogP contribution in [0.1, 0.15) is 79.3 Å². The number of hydrogen-bond donors (Lipinski definition) is 1. The molecule has 6 heteroatoms. The molecule has 0 spiro atoms. The maximum atomic E-state index is 13.2. The van der Waals surface area contributed by atoms with Gasteiger partial charge in [0.1, 0.15) is 6.61 Å². The Labute approximate surface area is 262 Å². The first-order valence-corrected chi connectivity index (χ1v) is 16.8. The molecular weight excluding hydrogens is 544 g/mol. The minimum absolute atomic E-state index is 0.213. The monoisotopic (exact) mass is 590 g/mol. The van der Waals surface area contributed by atoms with E-state index in [4.69, 9.17) is 4.74 Å². The summed E-state index contributed by atoms with van der Waals surface area (Å²) in [6.07, 6.45) is 4.92. The first kappa shape index (κ1) is 29.0. The van der Waals surface area contributed by atoms with Crippen LogP contribution in [-0.4, -0.2) is 66.2 Å². The van der Waals surface area contributed by atoms with Crippen LogP contribution in [0.3, 0.4) is 0 Å². The van der Waals surface area contributed by atoms with Gasteiger partial charge in [0, 0.05) is 66.3 Å². The molecule has 0 aliphatic carbocycles. The molecule has 3 atom stereocenters. The van der Waals surface area contributed by atoms with Crippen molar-refractivity contribution in [3.05, 3.63) is 101 Å². The van der Waals surface area contributed by atoms with E-state index >= 15 is 0 Å². The number of anilines is 1. The molecule has 0 bridgehead atoms. The molecule has 4 heterocycles. The van der Waals surface area contributed by atoms with Crippen LogP contribution in [0.25, 0.3) is 10.9 Å². The smallest absolute Gasteiger partial charge is 0.410 e. The maximum absolute atomic E-state index is 13.2. The molecule has 3 aliphatic heterocycles.